The van der Waals surface area contributed by atoms with E-state index < -0.39 is 5.82 Å². The van der Waals surface area contributed by atoms with E-state index in [2.05, 4.69) is 20.3 Å². The third-order valence-electron chi connectivity index (χ3n) is 4.08. The highest BCUT2D eigenvalue weighted by Crippen LogP contribution is 2.29. The highest BCUT2D eigenvalue weighted by molar-refractivity contribution is 5.87. The van der Waals surface area contributed by atoms with Crippen molar-refractivity contribution in [3.05, 3.63) is 72.4 Å². The Bertz CT molecular complexity index is 1100. The maximum atomic E-state index is 13.3. The molecule has 6 heteroatoms. The molecule has 0 amide bonds. The Morgan fingerprint density at radius 2 is 1.81 bits per heavy atom. The maximum absolute atomic E-state index is 13.3. The summed E-state index contributed by atoms with van der Waals surface area (Å²) < 4.78 is 13.3. The van der Waals surface area contributed by atoms with E-state index in [1.54, 1.807) is 18.5 Å². The molecule has 0 aliphatic carbocycles. The number of halogens is 1. The van der Waals surface area contributed by atoms with Gasteiger partial charge in [-0.1, -0.05) is 12.1 Å². The molecule has 2 heterocycles. The van der Waals surface area contributed by atoms with Gasteiger partial charge in [-0.15, -0.1) is 0 Å². The Morgan fingerprint density at radius 3 is 2.58 bits per heavy atom. The first kappa shape index (κ1) is 16.0. The van der Waals surface area contributed by atoms with E-state index in [-0.39, 0.29) is 5.75 Å². The van der Waals surface area contributed by atoms with Crippen LogP contribution in [-0.2, 0) is 0 Å². The molecule has 0 unspecified atom stereocenters. The molecular weight excluding hydrogens is 331 g/mol. The van der Waals surface area contributed by atoms with Crippen LogP contribution in [0.2, 0.25) is 0 Å². The number of fused-ring (bicyclic) bond motifs is 1. The van der Waals surface area contributed by atoms with E-state index in [0.717, 1.165) is 33.4 Å². The number of nitrogens with one attached hydrogen (secondary N) is 1. The van der Waals surface area contributed by atoms with Crippen molar-refractivity contribution in [2.45, 2.75) is 6.92 Å². The van der Waals surface area contributed by atoms with Gasteiger partial charge < -0.3 is 10.4 Å². The summed E-state index contributed by atoms with van der Waals surface area (Å²) in [5, 5.41) is 13.6. The lowest BCUT2D eigenvalue weighted by atomic mass is 10.0. The standard InChI is InChI=1S/C20H15FN4O/c1-12-16-9-13(14-4-6-17(21)19(26)10-14)5-7-18(16)25-20(23-12)24-15-3-2-8-22-11-15/h2-11,26H,1H3,(H,23,24,25). The minimum absolute atomic E-state index is 0.369. The first-order valence-corrected chi connectivity index (χ1v) is 8.04. The topological polar surface area (TPSA) is 70.9 Å². The predicted molar refractivity (Wildman–Crippen MR) is 98.9 cm³/mol. The molecule has 2 aromatic carbocycles. The second-order valence-electron chi connectivity index (χ2n) is 5.90. The molecule has 128 valence electrons. The zero-order valence-electron chi connectivity index (χ0n) is 13.9. The molecule has 0 spiro atoms. The van der Waals surface area contributed by atoms with Crippen LogP contribution in [0, 0.1) is 12.7 Å². The summed E-state index contributed by atoms with van der Waals surface area (Å²) in [6, 6.07) is 13.7. The van der Waals surface area contributed by atoms with Crippen molar-refractivity contribution in [3.63, 3.8) is 0 Å². The van der Waals surface area contributed by atoms with Gasteiger partial charge in [-0.3, -0.25) is 4.98 Å². The second kappa shape index (κ2) is 6.40. The lowest BCUT2D eigenvalue weighted by Crippen LogP contribution is -2.00. The first-order valence-electron chi connectivity index (χ1n) is 8.04. The Kier molecular flexibility index (Phi) is 3.93. The van der Waals surface area contributed by atoms with Gasteiger partial charge in [0.05, 0.1) is 23.1 Å². The van der Waals surface area contributed by atoms with Gasteiger partial charge in [-0.25, -0.2) is 14.4 Å². The molecule has 0 radical (unpaired) electrons. The Labute approximate surface area is 149 Å². The van der Waals surface area contributed by atoms with Crippen LogP contribution in [0.25, 0.3) is 22.0 Å². The van der Waals surface area contributed by atoms with Crippen LogP contribution in [0.4, 0.5) is 16.0 Å². The van der Waals surface area contributed by atoms with Crippen molar-refractivity contribution in [2.75, 3.05) is 5.32 Å². The number of phenolic OH excluding ortho intramolecular Hbond substituents is 1. The van der Waals surface area contributed by atoms with Crippen LogP contribution >= 0.6 is 0 Å². The van der Waals surface area contributed by atoms with Gasteiger partial charge in [0.15, 0.2) is 11.6 Å². The average molecular weight is 346 g/mol. The summed E-state index contributed by atoms with van der Waals surface area (Å²) in [6.45, 7) is 1.91. The maximum Gasteiger partial charge on any atom is 0.228 e. The minimum atomic E-state index is -0.639. The van der Waals surface area contributed by atoms with Gasteiger partial charge >= 0.3 is 0 Å². The van der Waals surface area contributed by atoms with E-state index in [4.69, 9.17) is 0 Å². The fraction of sp³-hybridized carbons (Fsp3) is 0.0500. The zero-order chi connectivity index (χ0) is 18.1. The fourth-order valence-corrected chi connectivity index (χ4v) is 2.77. The first-order chi connectivity index (χ1) is 12.6. The molecule has 0 saturated carbocycles. The molecule has 0 bridgehead atoms. The third kappa shape index (κ3) is 3.04. The quantitative estimate of drug-likeness (QED) is 0.568. The Morgan fingerprint density at radius 1 is 1.00 bits per heavy atom. The van der Waals surface area contributed by atoms with Crippen LogP contribution in [-0.4, -0.2) is 20.1 Å². The summed E-state index contributed by atoms with van der Waals surface area (Å²) in [5.41, 5.74) is 3.99. The Hall–Kier alpha value is -3.54. The SMILES string of the molecule is Cc1nc(Nc2cccnc2)nc2ccc(-c3ccc(F)c(O)c3)cc12. The smallest absolute Gasteiger partial charge is 0.228 e. The molecule has 0 aliphatic rings. The van der Waals surface area contributed by atoms with Crippen LogP contribution in [0.5, 0.6) is 5.75 Å². The number of hydrogen-bond donors (Lipinski definition) is 2. The van der Waals surface area contributed by atoms with E-state index in [9.17, 15) is 9.50 Å². The number of benzene rings is 2. The van der Waals surface area contributed by atoms with E-state index in [0.29, 0.717) is 5.95 Å². The summed E-state index contributed by atoms with van der Waals surface area (Å²) in [4.78, 5) is 13.1. The Balaban J connectivity index is 1.74. The minimum Gasteiger partial charge on any atom is -0.505 e. The largest absolute Gasteiger partial charge is 0.505 e. The van der Waals surface area contributed by atoms with Crippen LogP contribution in [0.15, 0.2) is 60.9 Å². The molecule has 2 N–H and O–H groups in total. The highest BCUT2D eigenvalue weighted by Gasteiger charge is 2.09. The predicted octanol–water partition coefficient (Wildman–Crippen LogP) is 4.59. The lowest BCUT2D eigenvalue weighted by Gasteiger charge is -2.09. The molecule has 0 saturated heterocycles. The summed E-state index contributed by atoms with van der Waals surface area (Å²) in [5.74, 6) is -0.512. The molecule has 26 heavy (non-hydrogen) atoms. The van der Waals surface area contributed by atoms with Crippen LogP contribution < -0.4 is 5.32 Å². The van der Waals surface area contributed by atoms with Crippen molar-refractivity contribution < 1.29 is 9.50 Å². The zero-order valence-corrected chi connectivity index (χ0v) is 13.9. The van der Waals surface area contributed by atoms with Crippen molar-refractivity contribution in [1.82, 2.24) is 15.0 Å². The second-order valence-corrected chi connectivity index (χ2v) is 5.90. The summed E-state index contributed by atoms with van der Waals surface area (Å²) in [7, 11) is 0. The number of aromatic nitrogens is 3. The van der Waals surface area contributed by atoms with Crippen molar-refractivity contribution in [2.24, 2.45) is 0 Å². The van der Waals surface area contributed by atoms with Crippen LogP contribution in [0.1, 0.15) is 5.69 Å². The van der Waals surface area contributed by atoms with E-state index >= 15 is 0 Å². The number of rotatable bonds is 3. The number of anilines is 2. The molecular formula is C20H15FN4O. The normalized spacial score (nSPS) is 10.8. The van der Waals surface area contributed by atoms with Gasteiger partial charge in [0, 0.05) is 11.6 Å². The molecule has 0 atom stereocenters. The van der Waals surface area contributed by atoms with Gasteiger partial charge in [-0.2, -0.15) is 0 Å². The molecule has 5 nitrogen and oxygen atoms in total. The van der Waals surface area contributed by atoms with Gasteiger partial charge in [0.1, 0.15) is 0 Å². The number of nitrogens with zero attached hydrogens (tertiary/aromatic N) is 3. The summed E-state index contributed by atoms with van der Waals surface area (Å²) >= 11 is 0. The van der Waals surface area contributed by atoms with E-state index in [1.165, 1.54) is 12.1 Å². The highest BCUT2D eigenvalue weighted by atomic mass is 19.1. The van der Waals surface area contributed by atoms with Gasteiger partial charge in [0.25, 0.3) is 0 Å². The molecule has 2 aromatic heterocycles. The number of phenols is 1. The van der Waals surface area contributed by atoms with Gasteiger partial charge in [-0.05, 0) is 54.4 Å². The van der Waals surface area contributed by atoms with E-state index in [1.807, 2.05) is 37.3 Å². The van der Waals surface area contributed by atoms with Gasteiger partial charge in [0.2, 0.25) is 5.95 Å². The number of hydrogen-bond acceptors (Lipinski definition) is 5. The van der Waals surface area contributed by atoms with Crippen molar-refractivity contribution >= 4 is 22.5 Å². The molecule has 0 aliphatic heterocycles. The van der Waals surface area contributed by atoms with Crippen molar-refractivity contribution in [1.29, 1.82) is 0 Å². The molecule has 4 rings (SSSR count). The molecule has 4 aromatic rings. The average Bonchev–Trinajstić information content (AvgIpc) is 2.65. The lowest BCUT2D eigenvalue weighted by molar-refractivity contribution is 0.433. The van der Waals surface area contributed by atoms with Crippen molar-refractivity contribution in [3.8, 4) is 16.9 Å². The monoisotopic (exact) mass is 346 g/mol. The number of aromatic hydroxyl groups is 1. The van der Waals surface area contributed by atoms with Crippen LogP contribution in [0.3, 0.4) is 0 Å². The molecule has 0 fully saturated rings. The number of aryl methyl sites for hydroxylation is 1. The fourth-order valence-electron chi connectivity index (χ4n) is 2.77. The summed E-state index contributed by atoms with van der Waals surface area (Å²) in [6.07, 6.45) is 3.40. The third-order valence-corrected chi connectivity index (χ3v) is 4.08. The number of pyridine rings is 1.